The Morgan fingerprint density at radius 2 is 2.04 bits per heavy atom. The van der Waals surface area contributed by atoms with E-state index in [1.54, 1.807) is 11.8 Å². The number of carbonyl (C=O) groups is 2. The summed E-state index contributed by atoms with van der Waals surface area (Å²) in [5.74, 6) is -0.386. The molecule has 1 aliphatic rings. The van der Waals surface area contributed by atoms with Gasteiger partial charge in [0, 0.05) is 13.1 Å². The molecule has 5 heteroatoms. The molecule has 2 atom stereocenters. The van der Waals surface area contributed by atoms with Crippen LogP contribution in [-0.2, 0) is 9.59 Å². The summed E-state index contributed by atoms with van der Waals surface area (Å²) in [7, 11) is 0. The zero-order valence-electron chi connectivity index (χ0n) is 14.0. The van der Waals surface area contributed by atoms with E-state index in [1.165, 1.54) is 0 Å². The number of benzene rings is 1. The molecule has 2 rings (SSSR count). The number of carboxylic acid groups (broad SMARTS) is 1. The molecule has 0 aliphatic carbocycles. The predicted octanol–water partition coefficient (Wildman–Crippen LogP) is 2.90. The summed E-state index contributed by atoms with van der Waals surface area (Å²) in [6, 6.07) is 7.74. The maximum absolute atomic E-state index is 12.5. The zero-order valence-corrected chi connectivity index (χ0v) is 14.0. The second kappa shape index (κ2) is 7.49. The van der Waals surface area contributed by atoms with E-state index >= 15 is 0 Å². The third-order valence-electron chi connectivity index (χ3n) is 4.27. The van der Waals surface area contributed by atoms with Crippen LogP contribution in [0.1, 0.15) is 45.1 Å². The van der Waals surface area contributed by atoms with Crippen LogP contribution in [0.25, 0.3) is 0 Å². The standard InChI is InChI=1S/C18H25NO4/c1-12(2)14-6-4-8-16(10-14)23-13(3)17(20)19-9-5-7-15(11-19)18(21)22/h4,6,8,10,12-13,15H,5,7,9,11H2,1-3H3,(H,21,22). The van der Waals surface area contributed by atoms with Crippen molar-refractivity contribution in [2.75, 3.05) is 13.1 Å². The van der Waals surface area contributed by atoms with E-state index in [2.05, 4.69) is 13.8 Å². The van der Waals surface area contributed by atoms with E-state index in [4.69, 9.17) is 9.84 Å². The van der Waals surface area contributed by atoms with Gasteiger partial charge in [-0.15, -0.1) is 0 Å². The first kappa shape index (κ1) is 17.3. The van der Waals surface area contributed by atoms with Crippen molar-refractivity contribution in [3.8, 4) is 5.75 Å². The van der Waals surface area contributed by atoms with Crippen LogP contribution in [0.5, 0.6) is 5.75 Å². The number of nitrogens with zero attached hydrogens (tertiary/aromatic N) is 1. The lowest BCUT2D eigenvalue weighted by Crippen LogP contribution is -2.47. The van der Waals surface area contributed by atoms with Gasteiger partial charge in [0.05, 0.1) is 5.92 Å². The molecule has 0 radical (unpaired) electrons. The molecule has 1 N–H and O–H groups in total. The van der Waals surface area contributed by atoms with E-state index in [9.17, 15) is 9.59 Å². The number of likely N-dealkylation sites (tertiary alicyclic amines) is 1. The molecule has 0 spiro atoms. The largest absolute Gasteiger partial charge is 0.481 e. The highest BCUT2D eigenvalue weighted by atomic mass is 16.5. The van der Waals surface area contributed by atoms with Crippen LogP contribution in [0, 0.1) is 5.92 Å². The van der Waals surface area contributed by atoms with Crippen LogP contribution in [0.2, 0.25) is 0 Å². The number of piperidine rings is 1. The molecule has 1 aliphatic heterocycles. The molecule has 1 heterocycles. The average Bonchev–Trinajstić information content (AvgIpc) is 2.54. The Hall–Kier alpha value is -2.04. The van der Waals surface area contributed by atoms with Crippen molar-refractivity contribution in [2.45, 2.75) is 45.6 Å². The fourth-order valence-electron chi connectivity index (χ4n) is 2.84. The second-order valence-electron chi connectivity index (χ2n) is 6.45. The number of amides is 1. The maximum atomic E-state index is 12.5. The number of carbonyl (C=O) groups excluding carboxylic acids is 1. The zero-order chi connectivity index (χ0) is 17.0. The Kier molecular flexibility index (Phi) is 5.64. The van der Waals surface area contributed by atoms with Gasteiger partial charge >= 0.3 is 5.97 Å². The number of hydrogen-bond donors (Lipinski definition) is 1. The van der Waals surface area contributed by atoms with E-state index in [1.807, 2.05) is 24.3 Å². The second-order valence-corrected chi connectivity index (χ2v) is 6.45. The number of aliphatic carboxylic acids is 1. The Morgan fingerprint density at radius 1 is 1.30 bits per heavy atom. The summed E-state index contributed by atoms with van der Waals surface area (Å²) in [5.41, 5.74) is 1.16. The molecule has 1 amide bonds. The number of rotatable bonds is 5. The van der Waals surface area contributed by atoms with Gasteiger partial charge in [0.2, 0.25) is 0 Å². The molecule has 0 saturated carbocycles. The monoisotopic (exact) mass is 319 g/mol. The van der Waals surface area contributed by atoms with Crippen LogP contribution < -0.4 is 4.74 Å². The summed E-state index contributed by atoms with van der Waals surface area (Å²) in [6.07, 6.45) is 0.730. The van der Waals surface area contributed by atoms with Gasteiger partial charge in [-0.2, -0.15) is 0 Å². The van der Waals surface area contributed by atoms with E-state index in [0.717, 1.165) is 12.0 Å². The van der Waals surface area contributed by atoms with Crippen LogP contribution in [-0.4, -0.2) is 41.1 Å². The lowest BCUT2D eigenvalue weighted by atomic mass is 9.98. The lowest BCUT2D eigenvalue weighted by Gasteiger charge is -2.32. The minimum absolute atomic E-state index is 0.147. The quantitative estimate of drug-likeness (QED) is 0.906. The van der Waals surface area contributed by atoms with Gasteiger partial charge in [0.25, 0.3) is 5.91 Å². The van der Waals surface area contributed by atoms with Gasteiger partial charge in [-0.05, 0) is 43.4 Å². The number of hydrogen-bond acceptors (Lipinski definition) is 3. The molecule has 1 saturated heterocycles. The normalized spacial score (nSPS) is 19.5. The van der Waals surface area contributed by atoms with E-state index in [0.29, 0.717) is 24.6 Å². The molecule has 126 valence electrons. The molecular formula is C18H25NO4. The third-order valence-corrected chi connectivity index (χ3v) is 4.27. The fourth-order valence-corrected chi connectivity index (χ4v) is 2.84. The van der Waals surface area contributed by atoms with Crippen molar-refractivity contribution in [1.82, 2.24) is 4.90 Å². The Bertz CT molecular complexity index is 570. The Labute approximate surface area is 137 Å². The fraction of sp³-hybridized carbons (Fsp3) is 0.556. The molecule has 1 aromatic carbocycles. The minimum atomic E-state index is -0.833. The van der Waals surface area contributed by atoms with Gasteiger partial charge in [0.1, 0.15) is 5.75 Å². The van der Waals surface area contributed by atoms with Crippen molar-refractivity contribution >= 4 is 11.9 Å². The summed E-state index contributed by atoms with van der Waals surface area (Å²) in [6.45, 7) is 6.80. The molecule has 0 bridgehead atoms. The van der Waals surface area contributed by atoms with Crippen LogP contribution >= 0.6 is 0 Å². The Morgan fingerprint density at radius 3 is 2.70 bits per heavy atom. The maximum Gasteiger partial charge on any atom is 0.308 e. The average molecular weight is 319 g/mol. The molecule has 2 unspecified atom stereocenters. The first-order valence-electron chi connectivity index (χ1n) is 8.16. The Balaban J connectivity index is 1.99. The summed E-state index contributed by atoms with van der Waals surface area (Å²) in [5, 5.41) is 9.12. The van der Waals surface area contributed by atoms with Gasteiger partial charge in [0.15, 0.2) is 6.10 Å². The summed E-state index contributed by atoms with van der Waals surface area (Å²) >= 11 is 0. The van der Waals surface area contributed by atoms with Crippen molar-refractivity contribution < 1.29 is 19.4 Å². The SMILES string of the molecule is CC(Oc1cccc(C(C)C)c1)C(=O)N1CCCC(C(=O)O)C1. The topological polar surface area (TPSA) is 66.8 Å². The van der Waals surface area contributed by atoms with Crippen LogP contribution in [0.4, 0.5) is 0 Å². The van der Waals surface area contributed by atoms with Crippen molar-refractivity contribution in [3.05, 3.63) is 29.8 Å². The lowest BCUT2D eigenvalue weighted by molar-refractivity contribution is -0.147. The van der Waals surface area contributed by atoms with Crippen LogP contribution in [0.3, 0.4) is 0 Å². The van der Waals surface area contributed by atoms with Crippen molar-refractivity contribution in [1.29, 1.82) is 0 Å². The van der Waals surface area contributed by atoms with Gasteiger partial charge in [-0.3, -0.25) is 9.59 Å². The van der Waals surface area contributed by atoms with Crippen molar-refractivity contribution in [2.24, 2.45) is 5.92 Å². The third kappa shape index (κ3) is 4.47. The highest BCUT2D eigenvalue weighted by molar-refractivity contribution is 5.82. The van der Waals surface area contributed by atoms with Gasteiger partial charge in [-0.25, -0.2) is 0 Å². The first-order chi connectivity index (χ1) is 10.9. The van der Waals surface area contributed by atoms with Gasteiger partial charge in [-0.1, -0.05) is 26.0 Å². The van der Waals surface area contributed by atoms with Crippen LogP contribution in [0.15, 0.2) is 24.3 Å². The first-order valence-corrected chi connectivity index (χ1v) is 8.16. The highest BCUT2D eigenvalue weighted by Gasteiger charge is 2.30. The summed E-state index contributed by atoms with van der Waals surface area (Å²) in [4.78, 5) is 25.2. The molecule has 1 aromatic rings. The molecule has 1 fully saturated rings. The number of ether oxygens (including phenoxy) is 1. The van der Waals surface area contributed by atoms with Crippen molar-refractivity contribution in [3.63, 3.8) is 0 Å². The molecule has 5 nitrogen and oxygen atoms in total. The molecule has 23 heavy (non-hydrogen) atoms. The minimum Gasteiger partial charge on any atom is -0.481 e. The van der Waals surface area contributed by atoms with E-state index < -0.39 is 18.0 Å². The number of carboxylic acids is 1. The summed E-state index contributed by atoms with van der Waals surface area (Å²) < 4.78 is 5.78. The molecular weight excluding hydrogens is 294 g/mol. The molecule has 0 aromatic heterocycles. The van der Waals surface area contributed by atoms with E-state index in [-0.39, 0.29) is 12.5 Å². The smallest absolute Gasteiger partial charge is 0.308 e. The highest BCUT2D eigenvalue weighted by Crippen LogP contribution is 2.22. The van der Waals surface area contributed by atoms with Gasteiger partial charge < -0.3 is 14.7 Å². The predicted molar refractivity (Wildman–Crippen MR) is 87.6 cm³/mol.